The van der Waals surface area contributed by atoms with Crippen molar-refractivity contribution < 1.29 is 86.3 Å². The molecule has 0 unspecified atom stereocenters. The van der Waals surface area contributed by atoms with Crippen molar-refractivity contribution in [3.63, 3.8) is 0 Å². The van der Waals surface area contributed by atoms with E-state index in [0.29, 0.717) is 97.0 Å². The maximum atomic E-state index is 13.0. The number of aromatic nitrogens is 4. The van der Waals surface area contributed by atoms with Gasteiger partial charge in [-0.15, -0.1) is 0 Å². The van der Waals surface area contributed by atoms with Gasteiger partial charge in [0.15, 0.2) is 17.7 Å². The molecule has 6 rings (SSSR count). The molecule has 1 N–H and O–H groups in total. The average Bonchev–Trinajstić information content (AvgIpc) is 3.69. The van der Waals surface area contributed by atoms with Gasteiger partial charge in [-0.05, 0) is 26.0 Å². The second-order valence-corrected chi connectivity index (χ2v) is 15.5. The molecule has 0 bridgehead atoms. The molecule has 2 aromatic heterocycles. The number of halogens is 10. The Morgan fingerprint density at radius 1 is 0.703 bits per heavy atom. The van der Waals surface area contributed by atoms with Crippen molar-refractivity contribution in [1.82, 2.24) is 29.4 Å². The van der Waals surface area contributed by atoms with E-state index in [2.05, 4.69) is 10.2 Å². The molecule has 2 aliphatic rings. The molecule has 3 radical (unpaired) electrons. The minimum Gasteiger partial charge on any atom is -1.00 e. The molecule has 0 aliphatic carbocycles. The van der Waals surface area contributed by atoms with E-state index in [1.54, 1.807) is 23.1 Å². The maximum absolute atomic E-state index is 13.0. The van der Waals surface area contributed by atoms with E-state index >= 15 is 0 Å². The van der Waals surface area contributed by atoms with Gasteiger partial charge in [-0.2, -0.15) is 36.5 Å². The van der Waals surface area contributed by atoms with Gasteiger partial charge in [0, 0.05) is 89.7 Å². The molecule has 2 aromatic carbocycles. The van der Waals surface area contributed by atoms with Gasteiger partial charge < -0.3 is 35.6 Å². The van der Waals surface area contributed by atoms with Crippen LogP contribution < -0.4 is 48.8 Å². The van der Waals surface area contributed by atoms with E-state index in [0.717, 1.165) is 15.1 Å². The number of aliphatic hydroxyl groups is 1. The molecule has 4 aromatic rings. The van der Waals surface area contributed by atoms with Crippen LogP contribution in [0, 0.1) is 13.8 Å². The molecule has 0 spiro atoms. The predicted octanol–water partition coefficient (Wildman–Crippen LogP) is 3.79. The SMILES string of the molecule is COc1cc(N2CCN(C(=O)Cn3nc(C(F)(F)F)c(Cl)c3C)CC2)c(C=O)cc1Cl.COc1cc(N2CCN(C(=O)Cn3nc(C(F)(F)F)c(Cl)c3C)CC2)c(CO)cc1Cl.[B].[H-].[Na+]. The van der Waals surface area contributed by atoms with Gasteiger partial charge in [0.1, 0.15) is 24.6 Å². The molecule has 26 heteroatoms. The van der Waals surface area contributed by atoms with E-state index in [1.807, 2.05) is 9.80 Å². The fourth-order valence-electron chi connectivity index (χ4n) is 6.81. The largest absolute Gasteiger partial charge is 1.00 e. The molecule has 64 heavy (non-hydrogen) atoms. The molecular weight excluding hydrogens is 954 g/mol. The monoisotopic (exact) mass is 993 g/mol. The normalized spacial score (nSPS) is 14.3. The van der Waals surface area contributed by atoms with Gasteiger partial charge in [0.25, 0.3) is 0 Å². The molecular formula is C38H41BCl4F6N8NaO6. The average molecular weight is 995 g/mol. The number of nitrogens with zero attached hydrogens (tertiary/aromatic N) is 8. The Kier molecular flexibility index (Phi) is 19.5. The van der Waals surface area contributed by atoms with Gasteiger partial charge in [-0.25, -0.2) is 0 Å². The number of amides is 2. The van der Waals surface area contributed by atoms with E-state index in [4.69, 9.17) is 55.9 Å². The predicted molar refractivity (Wildman–Crippen MR) is 226 cm³/mol. The van der Waals surface area contributed by atoms with Crippen LogP contribution in [0.5, 0.6) is 11.5 Å². The van der Waals surface area contributed by atoms with Crippen LogP contribution in [-0.4, -0.2) is 128 Å². The molecule has 0 atom stereocenters. The molecule has 2 aliphatic heterocycles. The number of benzene rings is 2. The van der Waals surface area contributed by atoms with Crippen molar-refractivity contribution >= 4 is 84.3 Å². The fraction of sp³-hybridized carbons (Fsp3) is 0.447. The number of rotatable bonds is 10. The number of aliphatic hydroxyl groups excluding tert-OH is 1. The van der Waals surface area contributed by atoms with Crippen molar-refractivity contribution in [3.8, 4) is 11.5 Å². The first-order valence-corrected chi connectivity index (χ1v) is 20.1. The summed E-state index contributed by atoms with van der Waals surface area (Å²) in [5.41, 5.74) is 0.166. The minimum absolute atomic E-state index is 0. The van der Waals surface area contributed by atoms with Crippen LogP contribution in [-0.2, 0) is 41.6 Å². The number of carbonyl (C=O) groups excluding carboxylic acids is 3. The third-order valence-corrected chi connectivity index (χ3v) is 11.8. The summed E-state index contributed by atoms with van der Waals surface area (Å²) in [4.78, 5) is 43.7. The first kappa shape index (κ1) is 54.8. The summed E-state index contributed by atoms with van der Waals surface area (Å²) in [6.07, 6.45) is -8.69. The summed E-state index contributed by atoms with van der Waals surface area (Å²) >= 11 is 23.7. The number of ether oxygens (including phenoxy) is 2. The van der Waals surface area contributed by atoms with Crippen molar-refractivity contribution in [1.29, 1.82) is 0 Å². The quantitative estimate of drug-likeness (QED) is 0.142. The summed E-state index contributed by atoms with van der Waals surface area (Å²) in [6, 6.07) is 6.55. The summed E-state index contributed by atoms with van der Waals surface area (Å²) in [5, 5.41) is 16.3. The number of methoxy groups -OCH3 is 2. The Balaban J connectivity index is 0.000000427. The topological polar surface area (TPSA) is 138 Å². The van der Waals surface area contributed by atoms with Crippen molar-refractivity contribution in [3.05, 3.63) is 78.3 Å². The van der Waals surface area contributed by atoms with Crippen LogP contribution in [0.1, 0.15) is 40.1 Å². The number of alkyl halides is 6. The van der Waals surface area contributed by atoms with Crippen LogP contribution >= 0.6 is 46.4 Å². The summed E-state index contributed by atoms with van der Waals surface area (Å²) < 4.78 is 90.3. The number of hydrogen-bond donors (Lipinski definition) is 1. The zero-order valence-corrected chi connectivity index (χ0v) is 40.1. The third kappa shape index (κ3) is 12.4. The van der Waals surface area contributed by atoms with E-state index in [9.17, 15) is 45.8 Å². The van der Waals surface area contributed by atoms with Gasteiger partial charge in [0.2, 0.25) is 11.8 Å². The second kappa shape index (κ2) is 22.8. The summed E-state index contributed by atoms with van der Waals surface area (Å²) in [7, 11) is 2.96. The van der Waals surface area contributed by atoms with Crippen LogP contribution in [0.3, 0.4) is 0 Å². The van der Waals surface area contributed by atoms with Crippen molar-refractivity contribution in [2.75, 3.05) is 76.4 Å². The van der Waals surface area contributed by atoms with Crippen LogP contribution in [0.15, 0.2) is 24.3 Å². The first-order valence-electron chi connectivity index (χ1n) is 18.6. The molecule has 0 saturated carbocycles. The Hall–Kier alpha value is -3.57. The fourth-order valence-corrected chi connectivity index (χ4v) is 7.81. The van der Waals surface area contributed by atoms with Gasteiger partial charge >= 0.3 is 41.9 Å². The zero-order chi connectivity index (χ0) is 45.8. The molecule has 343 valence electrons. The standard InChI is InChI=1S/C19H21Cl2F3N4O3.C19H19Cl2F3N4O3.B.Na.H/c2*1-11-17(21)18(19(22,23)24)25-28(11)9-16(30)27-5-3-26(4-6-27)14-8-15(31-2)13(20)7-12(14)10-29;;;/h7-8,29H,3-6,9-10H2,1-2H3;7-8,10H,3-6,9H2,1-2H3;;;/q;;;+1;-1. The number of aldehydes is 1. The number of hydrogen-bond acceptors (Lipinski definition) is 10. The number of piperazine rings is 2. The van der Waals surface area contributed by atoms with Gasteiger partial charge in [0.05, 0.1) is 58.0 Å². The van der Waals surface area contributed by atoms with Crippen molar-refractivity contribution in [2.45, 2.75) is 45.9 Å². The maximum Gasteiger partial charge on any atom is 1.00 e. The Morgan fingerprint density at radius 2 is 1.08 bits per heavy atom. The Morgan fingerprint density at radius 3 is 1.42 bits per heavy atom. The number of carbonyl (C=O) groups is 3. The van der Waals surface area contributed by atoms with Crippen molar-refractivity contribution in [2.24, 2.45) is 0 Å². The first-order chi connectivity index (χ1) is 29.1. The molecule has 14 nitrogen and oxygen atoms in total. The van der Waals surface area contributed by atoms with E-state index < -0.39 is 33.8 Å². The molecule has 2 saturated heterocycles. The summed E-state index contributed by atoms with van der Waals surface area (Å²) in [6.45, 7) is 5.01. The Labute approximate surface area is 409 Å². The van der Waals surface area contributed by atoms with E-state index in [-0.39, 0.29) is 82.3 Å². The summed E-state index contributed by atoms with van der Waals surface area (Å²) in [5.74, 6) is 0.165. The van der Waals surface area contributed by atoms with Gasteiger partial charge in [-0.3, -0.25) is 23.7 Å². The molecule has 4 heterocycles. The van der Waals surface area contributed by atoms with Crippen LogP contribution in [0.25, 0.3) is 0 Å². The smallest absolute Gasteiger partial charge is 1.00 e. The number of anilines is 2. The zero-order valence-electron chi connectivity index (χ0n) is 36.1. The molecule has 2 amide bonds. The van der Waals surface area contributed by atoms with Crippen LogP contribution in [0.4, 0.5) is 37.7 Å². The minimum atomic E-state index is -4.70. The van der Waals surface area contributed by atoms with Crippen LogP contribution in [0.2, 0.25) is 20.1 Å². The van der Waals surface area contributed by atoms with E-state index in [1.165, 1.54) is 39.0 Å². The van der Waals surface area contributed by atoms with Gasteiger partial charge in [-0.1, -0.05) is 46.4 Å². The third-order valence-electron chi connectivity index (χ3n) is 10.3. The molecule has 2 fully saturated rings. The second-order valence-electron chi connectivity index (χ2n) is 14.0. The Bertz CT molecular complexity index is 2310.